The largest absolute Gasteiger partial charge is 0.493 e. The van der Waals surface area contributed by atoms with E-state index in [0.29, 0.717) is 19.7 Å². The number of benzene rings is 1. The third kappa shape index (κ3) is 4.55. The summed E-state index contributed by atoms with van der Waals surface area (Å²) in [4.78, 5) is 0. The summed E-state index contributed by atoms with van der Waals surface area (Å²) < 4.78 is 10.7. The van der Waals surface area contributed by atoms with Gasteiger partial charge in [-0.15, -0.1) is 0 Å². The van der Waals surface area contributed by atoms with Crippen molar-refractivity contribution in [3.8, 4) is 11.5 Å². The van der Waals surface area contributed by atoms with E-state index >= 15 is 0 Å². The number of hydrogen-bond acceptors (Lipinski definition) is 4. The molecule has 0 fully saturated rings. The number of aliphatic hydroxyl groups excluding tert-OH is 1. The Morgan fingerprint density at radius 2 is 2.06 bits per heavy atom. The molecule has 1 rings (SSSR count). The number of ether oxygens (including phenoxy) is 2. The molecule has 0 heterocycles. The first-order valence-corrected chi connectivity index (χ1v) is 6.39. The van der Waals surface area contributed by atoms with E-state index in [-0.39, 0.29) is 6.10 Å². The summed E-state index contributed by atoms with van der Waals surface area (Å²) in [5, 5.41) is 12.7. The molecule has 1 unspecified atom stereocenters. The van der Waals surface area contributed by atoms with Gasteiger partial charge in [-0.25, -0.2) is 0 Å². The topological polar surface area (TPSA) is 50.7 Å². The van der Waals surface area contributed by atoms with E-state index in [1.54, 1.807) is 7.11 Å². The van der Waals surface area contributed by atoms with Gasteiger partial charge in [0, 0.05) is 13.1 Å². The van der Waals surface area contributed by atoms with Crippen molar-refractivity contribution >= 4 is 0 Å². The molecule has 0 spiro atoms. The Hall–Kier alpha value is -1.26. The first-order chi connectivity index (χ1) is 8.71. The molecule has 4 nitrogen and oxygen atoms in total. The molecule has 0 saturated carbocycles. The van der Waals surface area contributed by atoms with Crippen LogP contribution in [0.2, 0.25) is 0 Å². The van der Waals surface area contributed by atoms with Crippen molar-refractivity contribution in [2.75, 3.05) is 20.3 Å². The highest BCUT2D eigenvalue weighted by Gasteiger charge is 2.05. The molecule has 2 N–H and O–H groups in total. The average Bonchev–Trinajstić information content (AvgIpc) is 2.40. The fraction of sp³-hybridized carbons (Fsp3) is 0.571. The van der Waals surface area contributed by atoms with Gasteiger partial charge in [-0.05, 0) is 31.0 Å². The smallest absolute Gasteiger partial charge is 0.161 e. The lowest BCUT2D eigenvalue weighted by molar-refractivity contribution is 0.167. The van der Waals surface area contributed by atoms with Crippen LogP contribution in [0.1, 0.15) is 25.8 Å². The van der Waals surface area contributed by atoms with Crippen LogP contribution in [0.5, 0.6) is 11.5 Å². The van der Waals surface area contributed by atoms with Gasteiger partial charge < -0.3 is 19.9 Å². The van der Waals surface area contributed by atoms with Crippen molar-refractivity contribution in [3.63, 3.8) is 0 Å². The molecule has 1 aromatic rings. The van der Waals surface area contributed by atoms with Crippen molar-refractivity contribution in [2.45, 2.75) is 32.9 Å². The zero-order chi connectivity index (χ0) is 13.4. The Balaban J connectivity index is 2.56. The van der Waals surface area contributed by atoms with E-state index in [1.165, 1.54) is 0 Å². The van der Waals surface area contributed by atoms with E-state index in [1.807, 2.05) is 32.0 Å². The van der Waals surface area contributed by atoms with Crippen LogP contribution >= 0.6 is 0 Å². The third-order valence-electron chi connectivity index (χ3n) is 2.71. The Morgan fingerprint density at radius 1 is 1.28 bits per heavy atom. The summed E-state index contributed by atoms with van der Waals surface area (Å²) in [6.07, 6.45) is 0.481. The standard InChI is InChI=1S/C14H23NO3/c1-4-12(16)10-15-9-11-6-7-13(18-5-2)14(8-11)17-3/h6-8,12,15-16H,4-5,9-10H2,1-3H3. The second-order valence-electron chi connectivity index (χ2n) is 4.11. The van der Waals surface area contributed by atoms with Crippen LogP contribution in [-0.4, -0.2) is 31.5 Å². The number of nitrogens with one attached hydrogen (secondary N) is 1. The molecule has 1 aromatic carbocycles. The molecule has 0 saturated heterocycles. The van der Waals surface area contributed by atoms with Crippen LogP contribution in [0.25, 0.3) is 0 Å². The maximum atomic E-state index is 9.44. The first kappa shape index (κ1) is 14.8. The summed E-state index contributed by atoms with van der Waals surface area (Å²) in [7, 11) is 1.63. The van der Waals surface area contributed by atoms with E-state index in [4.69, 9.17) is 9.47 Å². The van der Waals surface area contributed by atoms with Crippen LogP contribution in [0.3, 0.4) is 0 Å². The highest BCUT2D eigenvalue weighted by atomic mass is 16.5. The van der Waals surface area contributed by atoms with Crippen molar-refractivity contribution < 1.29 is 14.6 Å². The fourth-order valence-corrected chi connectivity index (χ4v) is 1.62. The molecule has 0 bridgehead atoms. The van der Waals surface area contributed by atoms with Gasteiger partial charge in [-0.1, -0.05) is 13.0 Å². The minimum Gasteiger partial charge on any atom is -0.493 e. The summed E-state index contributed by atoms with van der Waals surface area (Å²) in [5.41, 5.74) is 1.11. The number of hydrogen-bond donors (Lipinski definition) is 2. The molecule has 0 radical (unpaired) electrons. The molecule has 0 aliphatic rings. The van der Waals surface area contributed by atoms with Crippen LogP contribution in [-0.2, 0) is 6.54 Å². The maximum absolute atomic E-state index is 9.44. The molecular weight excluding hydrogens is 230 g/mol. The van der Waals surface area contributed by atoms with Gasteiger partial charge in [0.15, 0.2) is 11.5 Å². The quantitative estimate of drug-likeness (QED) is 0.743. The third-order valence-corrected chi connectivity index (χ3v) is 2.71. The fourth-order valence-electron chi connectivity index (χ4n) is 1.62. The number of methoxy groups -OCH3 is 1. The van der Waals surface area contributed by atoms with Crippen LogP contribution in [0, 0.1) is 0 Å². The SMILES string of the molecule is CCOc1ccc(CNCC(O)CC)cc1OC. The summed E-state index contributed by atoms with van der Waals surface area (Å²) in [6.45, 7) is 5.84. The molecular formula is C14H23NO3. The van der Waals surface area contributed by atoms with Crippen LogP contribution in [0.15, 0.2) is 18.2 Å². The van der Waals surface area contributed by atoms with E-state index in [0.717, 1.165) is 23.5 Å². The second-order valence-corrected chi connectivity index (χ2v) is 4.11. The molecule has 1 atom stereocenters. The predicted molar refractivity (Wildman–Crippen MR) is 72.2 cm³/mol. The number of rotatable bonds is 8. The predicted octanol–water partition coefficient (Wildman–Crippen LogP) is 1.95. The molecule has 4 heteroatoms. The van der Waals surface area contributed by atoms with Gasteiger partial charge in [0.2, 0.25) is 0 Å². The first-order valence-electron chi connectivity index (χ1n) is 6.39. The Kier molecular flexibility index (Phi) is 6.54. The van der Waals surface area contributed by atoms with Gasteiger partial charge in [0.25, 0.3) is 0 Å². The maximum Gasteiger partial charge on any atom is 0.161 e. The highest BCUT2D eigenvalue weighted by molar-refractivity contribution is 5.42. The van der Waals surface area contributed by atoms with Crippen LogP contribution < -0.4 is 14.8 Å². The molecule has 102 valence electrons. The summed E-state index contributed by atoms with van der Waals surface area (Å²) in [6, 6.07) is 5.87. The molecule has 0 aliphatic carbocycles. The van der Waals surface area contributed by atoms with Crippen LogP contribution in [0.4, 0.5) is 0 Å². The van der Waals surface area contributed by atoms with Gasteiger partial charge in [-0.2, -0.15) is 0 Å². The van der Waals surface area contributed by atoms with E-state index < -0.39 is 0 Å². The van der Waals surface area contributed by atoms with Crippen molar-refractivity contribution in [1.29, 1.82) is 0 Å². The van der Waals surface area contributed by atoms with E-state index in [9.17, 15) is 5.11 Å². The minimum atomic E-state index is -0.283. The summed E-state index contributed by atoms with van der Waals surface area (Å²) in [5.74, 6) is 1.50. The average molecular weight is 253 g/mol. The Labute approximate surface area is 109 Å². The summed E-state index contributed by atoms with van der Waals surface area (Å²) >= 11 is 0. The van der Waals surface area contributed by atoms with Crippen molar-refractivity contribution in [2.24, 2.45) is 0 Å². The zero-order valence-electron chi connectivity index (χ0n) is 11.4. The highest BCUT2D eigenvalue weighted by Crippen LogP contribution is 2.27. The lowest BCUT2D eigenvalue weighted by atomic mass is 10.2. The lowest BCUT2D eigenvalue weighted by Crippen LogP contribution is -2.25. The molecule has 0 amide bonds. The Bertz CT molecular complexity index is 355. The zero-order valence-corrected chi connectivity index (χ0v) is 11.4. The van der Waals surface area contributed by atoms with Gasteiger partial charge in [-0.3, -0.25) is 0 Å². The van der Waals surface area contributed by atoms with Gasteiger partial charge in [0.05, 0.1) is 19.8 Å². The normalized spacial score (nSPS) is 12.2. The molecule has 18 heavy (non-hydrogen) atoms. The number of aliphatic hydroxyl groups is 1. The molecule has 0 aliphatic heterocycles. The van der Waals surface area contributed by atoms with Crippen molar-refractivity contribution in [1.82, 2.24) is 5.32 Å². The van der Waals surface area contributed by atoms with Gasteiger partial charge in [0.1, 0.15) is 0 Å². The second kappa shape index (κ2) is 7.95. The Morgan fingerprint density at radius 3 is 2.67 bits per heavy atom. The van der Waals surface area contributed by atoms with Gasteiger partial charge >= 0.3 is 0 Å². The van der Waals surface area contributed by atoms with E-state index in [2.05, 4.69) is 5.32 Å². The monoisotopic (exact) mass is 253 g/mol. The molecule has 0 aromatic heterocycles. The van der Waals surface area contributed by atoms with Crippen molar-refractivity contribution in [3.05, 3.63) is 23.8 Å². The minimum absolute atomic E-state index is 0.283. The lowest BCUT2D eigenvalue weighted by Gasteiger charge is -2.12.